The minimum Gasteiger partial charge on any atom is -0.462 e. The van der Waals surface area contributed by atoms with Gasteiger partial charge in [0.2, 0.25) is 0 Å². The molecule has 1 aliphatic heterocycles. The second-order valence-electron chi connectivity index (χ2n) is 8.11. The number of pyridine rings is 1. The molecule has 166 valence electrons. The molecule has 1 saturated heterocycles. The van der Waals surface area contributed by atoms with Crippen molar-refractivity contribution in [1.29, 1.82) is 0 Å². The SMILES string of the molecule is CCOC(=O)c1ccc(Nc2cc(C(=O)N3CCC(C)CC3)nc3ccc(F)cc23)cc1. The number of nitrogens with one attached hydrogen (secondary N) is 1. The highest BCUT2D eigenvalue weighted by Crippen LogP contribution is 2.29. The van der Waals surface area contributed by atoms with Crippen LogP contribution in [0.3, 0.4) is 0 Å². The van der Waals surface area contributed by atoms with Crippen molar-refractivity contribution in [3.8, 4) is 0 Å². The number of piperidine rings is 1. The van der Waals surface area contributed by atoms with Gasteiger partial charge in [-0.15, -0.1) is 0 Å². The Morgan fingerprint density at radius 3 is 2.53 bits per heavy atom. The number of ether oxygens (including phenoxy) is 1. The number of anilines is 2. The lowest BCUT2D eigenvalue weighted by molar-refractivity contribution is 0.0526. The van der Waals surface area contributed by atoms with Gasteiger partial charge in [0.1, 0.15) is 11.5 Å². The Hall–Kier alpha value is -3.48. The van der Waals surface area contributed by atoms with E-state index in [4.69, 9.17) is 4.74 Å². The van der Waals surface area contributed by atoms with Crippen LogP contribution in [0.15, 0.2) is 48.5 Å². The predicted octanol–water partition coefficient (Wildman–Crippen LogP) is 5.17. The Kier molecular flexibility index (Phi) is 6.35. The number of carbonyl (C=O) groups excluding carboxylic acids is 2. The van der Waals surface area contributed by atoms with Gasteiger partial charge in [0.15, 0.2) is 0 Å². The third-order valence-electron chi connectivity index (χ3n) is 5.74. The third-order valence-corrected chi connectivity index (χ3v) is 5.74. The molecule has 0 aliphatic carbocycles. The van der Waals surface area contributed by atoms with E-state index in [1.165, 1.54) is 12.1 Å². The van der Waals surface area contributed by atoms with Crippen LogP contribution in [0, 0.1) is 11.7 Å². The summed E-state index contributed by atoms with van der Waals surface area (Å²) in [7, 11) is 0. The largest absolute Gasteiger partial charge is 0.462 e. The number of rotatable bonds is 5. The van der Waals surface area contributed by atoms with Gasteiger partial charge in [-0.3, -0.25) is 4.79 Å². The fourth-order valence-corrected chi connectivity index (χ4v) is 3.84. The van der Waals surface area contributed by atoms with E-state index in [9.17, 15) is 14.0 Å². The number of hydrogen-bond donors (Lipinski definition) is 1. The average molecular weight is 435 g/mol. The topological polar surface area (TPSA) is 71.5 Å². The lowest BCUT2D eigenvalue weighted by Gasteiger charge is -2.30. The first kappa shape index (κ1) is 21.7. The molecule has 4 rings (SSSR count). The Morgan fingerprint density at radius 2 is 1.84 bits per heavy atom. The molecule has 1 amide bonds. The molecule has 2 aromatic carbocycles. The summed E-state index contributed by atoms with van der Waals surface area (Å²) in [4.78, 5) is 31.3. The normalized spacial score (nSPS) is 14.4. The van der Waals surface area contributed by atoms with Gasteiger partial charge in [-0.25, -0.2) is 14.2 Å². The number of amides is 1. The zero-order valence-corrected chi connectivity index (χ0v) is 18.2. The van der Waals surface area contributed by atoms with E-state index in [-0.39, 0.29) is 17.7 Å². The van der Waals surface area contributed by atoms with Crippen molar-refractivity contribution in [1.82, 2.24) is 9.88 Å². The molecule has 0 unspecified atom stereocenters. The Balaban J connectivity index is 1.65. The monoisotopic (exact) mass is 435 g/mol. The molecule has 1 fully saturated rings. The predicted molar refractivity (Wildman–Crippen MR) is 122 cm³/mol. The summed E-state index contributed by atoms with van der Waals surface area (Å²) in [6.45, 7) is 5.67. The highest BCUT2D eigenvalue weighted by Gasteiger charge is 2.23. The van der Waals surface area contributed by atoms with Crippen LogP contribution in [0.4, 0.5) is 15.8 Å². The molecular formula is C25H26FN3O3. The first-order chi connectivity index (χ1) is 15.4. The smallest absolute Gasteiger partial charge is 0.338 e. The minimum absolute atomic E-state index is 0.121. The fraction of sp³-hybridized carbons (Fsp3) is 0.320. The van der Waals surface area contributed by atoms with Crippen LogP contribution in [0.1, 0.15) is 47.5 Å². The van der Waals surface area contributed by atoms with Crippen LogP contribution in [0.5, 0.6) is 0 Å². The number of aromatic nitrogens is 1. The number of carbonyl (C=O) groups is 2. The second-order valence-corrected chi connectivity index (χ2v) is 8.11. The van der Waals surface area contributed by atoms with Crippen LogP contribution in [0.25, 0.3) is 10.9 Å². The molecule has 0 atom stereocenters. The van der Waals surface area contributed by atoms with Crippen molar-refractivity contribution in [2.45, 2.75) is 26.7 Å². The molecule has 1 aliphatic rings. The lowest BCUT2D eigenvalue weighted by atomic mass is 9.99. The summed E-state index contributed by atoms with van der Waals surface area (Å²) in [5, 5.41) is 3.82. The van der Waals surface area contributed by atoms with Gasteiger partial charge in [0.25, 0.3) is 5.91 Å². The molecule has 32 heavy (non-hydrogen) atoms. The molecule has 1 N–H and O–H groups in total. The molecule has 6 nitrogen and oxygen atoms in total. The van der Waals surface area contributed by atoms with Crippen LogP contribution >= 0.6 is 0 Å². The van der Waals surface area contributed by atoms with Crippen molar-refractivity contribution < 1.29 is 18.7 Å². The lowest BCUT2D eigenvalue weighted by Crippen LogP contribution is -2.38. The summed E-state index contributed by atoms with van der Waals surface area (Å²) in [5.74, 6) is -0.284. The van der Waals surface area contributed by atoms with E-state index in [1.54, 1.807) is 43.3 Å². The van der Waals surface area contributed by atoms with Crippen molar-refractivity contribution in [2.75, 3.05) is 25.0 Å². The van der Waals surface area contributed by atoms with Crippen molar-refractivity contribution in [3.05, 3.63) is 65.6 Å². The van der Waals surface area contributed by atoms with E-state index in [2.05, 4.69) is 17.2 Å². The van der Waals surface area contributed by atoms with Gasteiger partial charge < -0.3 is 15.0 Å². The van der Waals surface area contributed by atoms with Crippen LogP contribution < -0.4 is 5.32 Å². The van der Waals surface area contributed by atoms with Crippen LogP contribution in [0.2, 0.25) is 0 Å². The third kappa shape index (κ3) is 4.72. The first-order valence-corrected chi connectivity index (χ1v) is 10.9. The maximum atomic E-state index is 14.0. The number of hydrogen-bond acceptors (Lipinski definition) is 5. The molecule has 3 aromatic rings. The summed E-state index contributed by atoms with van der Waals surface area (Å²) in [6.07, 6.45) is 1.95. The molecule has 0 saturated carbocycles. The van der Waals surface area contributed by atoms with Gasteiger partial charge in [-0.05, 0) is 74.2 Å². The van der Waals surface area contributed by atoms with Gasteiger partial charge in [-0.1, -0.05) is 6.92 Å². The molecule has 0 radical (unpaired) electrons. The highest BCUT2D eigenvalue weighted by molar-refractivity contribution is 6.00. The van der Waals surface area contributed by atoms with Crippen LogP contribution in [-0.2, 0) is 4.74 Å². The van der Waals surface area contributed by atoms with E-state index >= 15 is 0 Å². The standard InChI is InChI=1S/C25H26FN3O3/c1-3-32-25(31)17-4-7-19(8-5-17)27-22-15-23(24(30)29-12-10-16(2)11-13-29)28-21-9-6-18(26)14-20(21)22/h4-9,14-16H,3,10-13H2,1-2H3,(H,27,28). The average Bonchev–Trinajstić information content (AvgIpc) is 2.80. The van der Waals surface area contributed by atoms with Crippen molar-refractivity contribution in [3.63, 3.8) is 0 Å². The molecular weight excluding hydrogens is 409 g/mol. The molecule has 7 heteroatoms. The summed E-state index contributed by atoms with van der Waals surface area (Å²) < 4.78 is 19.0. The highest BCUT2D eigenvalue weighted by atomic mass is 19.1. The maximum absolute atomic E-state index is 14.0. The van der Waals surface area contributed by atoms with E-state index in [1.807, 2.05) is 4.90 Å². The van der Waals surface area contributed by atoms with E-state index < -0.39 is 0 Å². The van der Waals surface area contributed by atoms with Crippen LogP contribution in [-0.4, -0.2) is 41.5 Å². The van der Waals surface area contributed by atoms with E-state index in [0.717, 1.165) is 12.8 Å². The van der Waals surface area contributed by atoms with Crippen molar-refractivity contribution >= 4 is 34.2 Å². The Bertz CT molecular complexity index is 1140. The van der Waals surface area contributed by atoms with Crippen molar-refractivity contribution in [2.24, 2.45) is 5.92 Å². The number of fused-ring (bicyclic) bond motifs is 1. The summed E-state index contributed by atoms with van der Waals surface area (Å²) >= 11 is 0. The Labute approximate surface area is 186 Å². The number of esters is 1. The molecule has 0 spiro atoms. The molecule has 1 aromatic heterocycles. The number of likely N-dealkylation sites (tertiary alicyclic amines) is 1. The second kappa shape index (κ2) is 9.34. The summed E-state index contributed by atoms with van der Waals surface area (Å²) in [6, 6.07) is 12.8. The quantitative estimate of drug-likeness (QED) is 0.560. The zero-order valence-electron chi connectivity index (χ0n) is 18.2. The zero-order chi connectivity index (χ0) is 22.7. The minimum atomic E-state index is -0.390. The maximum Gasteiger partial charge on any atom is 0.338 e. The number of nitrogens with zero attached hydrogens (tertiary/aromatic N) is 2. The van der Waals surface area contributed by atoms with Gasteiger partial charge in [0.05, 0.1) is 23.4 Å². The summed E-state index contributed by atoms with van der Waals surface area (Å²) in [5.41, 5.74) is 2.57. The molecule has 0 bridgehead atoms. The Morgan fingerprint density at radius 1 is 1.12 bits per heavy atom. The molecule has 2 heterocycles. The fourth-order valence-electron chi connectivity index (χ4n) is 3.84. The van der Waals surface area contributed by atoms with Gasteiger partial charge in [0, 0.05) is 24.2 Å². The van der Waals surface area contributed by atoms with Gasteiger partial charge >= 0.3 is 5.97 Å². The van der Waals surface area contributed by atoms with E-state index in [0.29, 0.717) is 59.1 Å². The first-order valence-electron chi connectivity index (χ1n) is 10.9. The number of halogens is 1. The van der Waals surface area contributed by atoms with Gasteiger partial charge in [-0.2, -0.15) is 0 Å². The number of benzene rings is 2.